The van der Waals surface area contributed by atoms with Crippen LogP contribution in [0.15, 0.2) is 48.5 Å². The normalized spacial score (nSPS) is 18.4. The number of nitrogens with zero attached hydrogens (tertiary/aromatic N) is 6. The first kappa shape index (κ1) is 25.4. The molecule has 6 amide bonds. The van der Waals surface area contributed by atoms with Crippen LogP contribution in [0.2, 0.25) is 0 Å². The van der Waals surface area contributed by atoms with Crippen LogP contribution in [0.5, 0.6) is 0 Å². The van der Waals surface area contributed by atoms with Crippen molar-refractivity contribution in [1.29, 1.82) is 10.5 Å². The third-order valence-electron chi connectivity index (χ3n) is 6.94. The van der Waals surface area contributed by atoms with Crippen molar-refractivity contribution in [2.45, 2.75) is 51.9 Å². The number of carbonyl (C=O) groups excluding carboxylic acids is 4. The molecule has 2 heterocycles. The number of imide groups is 2. The second-order valence-corrected chi connectivity index (χ2v) is 10.1. The summed E-state index contributed by atoms with van der Waals surface area (Å²) in [5.41, 5.74) is -0.197. The number of nitriles is 2. The van der Waals surface area contributed by atoms with Gasteiger partial charge in [0.15, 0.2) is 0 Å². The summed E-state index contributed by atoms with van der Waals surface area (Å²) >= 11 is 0. The molecule has 0 atom stereocenters. The minimum absolute atomic E-state index is 0.0182. The van der Waals surface area contributed by atoms with Crippen molar-refractivity contribution in [2.24, 2.45) is 0 Å². The van der Waals surface area contributed by atoms with E-state index in [-0.39, 0.29) is 19.8 Å². The fourth-order valence-corrected chi connectivity index (χ4v) is 4.46. The maximum absolute atomic E-state index is 13.4. The molecule has 0 spiro atoms. The molecule has 10 nitrogen and oxygen atoms in total. The highest BCUT2D eigenvalue weighted by atomic mass is 16.2. The van der Waals surface area contributed by atoms with Crippen molar-refractivity contribution in [3.63, 3.8) is 0 Å². The highest BCUT2D eigenvalue weighted by molar-refractivity contribution is 6.08. The topological polar surface area (TPSA) is 129 Å². The molecule has 2 aliphatic heterocycles. The molecule has 188 valence electrons. The molecule has 2 fully saturated rings. The Hall–Kier alpha value is -4.70. The third-order valence-corrected chi connectivity index (χ3v) is 6.94. The van der Waals surface area contributed by atoms with Crippen molar-refractivity contribution in [2.75, 3.05) is 6.67 Å². The SMILES string of the molecule is CC1(C)C(=O)N(Cc2ccc(C#N)cc2)C(=O)N1CN1C(=O)N(Cc2ccc(C#N)cc2)C(=O)C1(C)C. The number of urea groups is 2. The van der Waals surface area contributed by atoms with Crippen LogP contribution >= 0.6 is 0 Å². The molecule has 10 heteroatoms. The van der Waals surface area contributed by atoms with Crippen molar-refractivity contribution >= 4 is 23.9 Å². The number of rotatable bonds is 6. The van der Waals surface area contributed by atoms with Gasteiger partial charge in [-0.3, -0.25) is 29.2 Å². The molecule has 2 saturated heterocycles. The molecule has 0 N–H and O–H groups in total. The van der Waals surface area contributed by atoms with E-state index in [1.807, 2.05) is 12.1 Å². The van der Waals surface area contributed by atoms with E-state index in [0.717, 1.165) is 9.80 Å². The van der Waals surface area contributed by atoms with Crippen molar-refractivity contribution in [3.05, 3.63) is 70.8 Å². The Labute approximate surface area is 214 Å². The minimum atomic E-state index is -1.25. The second kappa shape index (κ2) is 9.07. The molecule has 0 bridgehead atoms. The molecule has 0 unspecified atom stereocenters. The Kier molecular flexibility index (Phi) is 6.22. The number of carbonyl (C=O) groups is 4. The van der Waals surface area contributed by atoms with Gasteiger partial charge in [-0.05, 0) is 63.1 Å². The van der Waals surface area contributed by atoms with Gasteiger partial charge in [0.05, 0.1) is 36.4 Å². The van der Waals surface area contributed by atoms with Gasteiger partial charge in [-0.1, -0.05) is 24.3 Å². The lowest BCUT2D eigenvalue weighted by atomic mass is 10.0. The molecule has 0 aliphatic carbocycles. The number of hydrogen-bond acceptors (Lipinski definition) is 6. The van der Waals surface area contributed by atoms with E-state index >= 15 is 0 Å². The van der Waals surface area contributed by atoms with Crippen LogP contribution in [0.3, 0.4) is 0 Å². The Morgan fingerprint density at radius 2 is 0.946 bits per heavy atom. The first-order chi connectivity index (χ1) is 17.4. The Morgan fingerprint density at radius 3 is 1.24 bits per heavy atom. The number of hydrogen-bond donors (Lipinski definition) is 0. The molecule has 2 aromatic rings. The highest BCUT2D eigenvalue weighted by Gasteiger charge is 2.56. The van der Waals surface area contributed by atoms with E-state index in [4.69, 9.17) is 10.5 Å². The van der Waals surface area contributed by atoms with Gasteiger partial charge >= 0.3 is 12.1 Å². The predicted octanol–water partition coefficient (Wildman–Crippen LogP) is 3.17. The van der Waals surface area contributed by atoms with Crippen LogP contribution in [-0.4, -0.2) is 61.2 Å². The van der Waals surface area contributed by atoms with Gasteiger partial charge in [0, 0.05) is 0 Å². The summed E-state index contributed by atoms with van der Waals surface area (Å²) in [6, 6.07) is 16.1. The summed E-state index contributed by atoms with van der Waals surface area (Å²) in [6.07, 6.45) is 0. The minimum Gasteiger partial charge on any atom is -0.292 e. The highest BCUT2D eigenvalue weighted by Crippen LogP contribution is 2.34. The molecular weight excluding hydrogens is 472 g/mol. The second-order valence-electron chi connectivity index (χ2n) is 10.1. The molecule has 2 aliphatic rings. The first-order valence-corrected chi connectivity index (χ1v) is 11.7. The van der Waals surface area contributed by atoms with Crippen LogP contribution in [-0.2, 0) is 22.7 Å². The maximum Gasteiger partial charge on any atom is 0.329 e. The quantitative estimate of drug-likeness (QED) is 0.563. The van der Waals surface area contributed by atoms with E-state index in [9.17, 15) is 19.2 Å². The summed E-state index contributed by atoms with van der Waals surface area (Å²) in [6.45, 7) is 6.22. The van der Waals surface area contributed by atoms with E-state index in [0.29, 0.717) is 22.3 Å². The van der Waals surface area contributed by atoms with Gasteiger partial charge in [-0.25, -0.2) is 9.59 Å². The lowest BCUT2D eigenvalue weighted by Crippen LogP contribution is -2.55. The summed E-state index contributed by atoms with van der Waals surface area (Å²) < 4.78 is 0. The fraction of sp³-hybridized carbons (Fsp3) is 0.333. The molecule has 0 saturated carbocycles. The fourth-order valence-electron chi connectivity index (χ4n) is 4.46. The third kappa shape index (κ3) is 4.27. The maximum atomic E-state index is 13.4. The zero-order chi connectivity index (χ0) is 27.1. The van der Waals surface area contributed by atoms with Crippen LogP contribution in [0.25, 0.3) is 0 Å². The largest absolute Gasteiger partial charge is 0.329 e. The zero-order valence-electron chi connectivity index (χ0n) is 21.1. The molecule has 2 aromatic carbocycles. The van der Waals surface area contributed by atoms with Crippen molar-refractivity contribution in [3.8, 4) is 12.1 Å². The molecular formula is C27H26N6O4. The number of amides is 6. The van der Waals surface area contributed by atoms with Crippen LogP contribution in [0.4, 0.5) is 9.59 Å². The van der Waals surface area contributed by atoms with Gasteiger partial charge in [0.2, 0.25) is 0 Å². The average molecular weight is 499 g/mol. The Morgan fingerprint density at radius 1 is 0.622 bits per heavy atom. The summed E-state index contributed by atoms with van der Waals surface area (Å²) in [7, 11) is 0. The lowest BCUT2D eigenvalue weighted by Gasteiger charge is -2.36. The van der Waals surface area contributed by atoms with Crippen molar-refractivity contribution in [1.82, 2.24) is 19.6 Å². The van der Waals surface area contributed by atoms with Gasteiger partial charge in [0.25, 0.3) is 11.8 Å². The van der Waals surface area contributed by atoms with Crippen molar-refractivity contribution < 1.29 is 19.2 Å². The Bertz CT molecular complexity index is 1260. The molecule has 0 aromatic heterocycles. The molecule has 0 radical (unpaired) electrons. The average Bonchev–Trinajstić information content (AvgIpc) is 3.14. The monoisotopic (exact) mass is 498 g/mol. The van der Waals surface area contributed by atoms with E-state index in [2.05, 4.69) is 0 Å². The first-order valence-electron chi connectivity index (χ1n) is 11.7. The number of benzene rings is 2. The lowest BCUT2D eigenvalue weighted by molar-refractivity contribution is -0.133. The van der Waals surface area contributed by atoms with Crippen LogP contribution in [0.1, 0.15) is 49.9 Å². The molecule has 37 heavy (non-hydrogen) atoms. The summed E-state index contributed by atoms with van der Waals surface area (Å²) in [5, 5.41) is 18.0. The standard InChI is InChI=1S/C27H26N6O4/c1-26(2)22(34)30(15-20-9-5-18(13-28)6-10-20)24(36)32(26)17-33-25(37)31(23(35)27(33,3)4)16-21-11-7-19(14-29)8-12-21/h5-12H,15-17H2,1-4H3. The van der Waals surface area contributed by atoms with E-state index in [1.165, 1.54) is 9.80 Å². The van der Waals surface area contributed by atoms with Gasteiger partial charge in [-0.15, -0.1) is 0 Å². The smallest absolute Gasteiger partial charge is 0.292 e. The summed E-state index contributed by atoms with van der Waals surface area (Å²) in [4.78, 5) is 58.1. The predicted molar refractivity (Wildman–Crippen MR) is 131 cm³/mol. The van der Waals surface area contributed by atoms with E-state index in [1.54, 1.807) is 76.2 Å². The van der Waals surface area contributed by atoms with Gasteiger partial charge < -0.3 is 0 Å². The van der Waals surface area contributed by atoms with Gasteiger partial charge in [0.1, 0.15) is 17.7 Å². The van der Waals surface area contributed by atoms with Crippen LogP contribution < -0.4 is 0 Å². The Balaban J connectivity index is 1.55. The zero-order valence-corrected chi connectivity index (χ0v) is 21.1. The van der Waals surface area contributed by atoms with Gasteiger partial charge in [-0.2, -0.15) is 10.5 Å². The summed E-state index contributed by atoms with van der Waals surface area (Å²) in [5.74, 6) is -0.848. The van der Waals surface area contributed by atoms with Crippen LogP contribution in [0, 0.1) is 22.7 Å². The molecule has 4 rings (SSSR count). The van der Waals surface area contributed by atoms with E-state index < -0.39 is 35.0 Å².